The normalized spacial score (nSPS) is 10.9. The van der Waals surface area contributed by atoms with Gasteiger partial charge in [0.1, 0.15) is 28.2 Å². The molecule has 3 aromatic rings. The third-order valence-electron chi connectivity index (χ3n) is 3.24. The van der Waals surface area contributed by atoms with E-state index in [1.807, 2.05) is 0 Å². The molecule has 0 radical (unpaired) electrons. The molecular formula is C15H10O6. The molecule has 2 aromatic carbocycles. The summed E-state index contributed by atoms with van der Waals surface area (Å²) in [6, 6.07) is 7.22. The molecule has 0 saturated heterocycles. The average molecular weight is 286 g/mol. The first-order valence-electron chi connectivity index (χ1n) is 6.02. The summed E-state index contributed by atoms with van der Waals surface area (Å²) in [5.41, 5.74) is -0.576. The van der Waals surface area contributed by atoms with E-state index in [4.69, 9.17) is 9.15 Å². The maximum Gasteiger partial charge on any atom is 0.340 e. The van der Waals surface area contributed by atoms with Gasteiger partial charge in [-0.1, -0.05) is 0 Å². The molecule has 0 spiro atoms. The van der Waals surface area contributed by atoms with Crippen LogP contribution >= 0.6 is 0 Å². The van der Waals surface area contributed by atoms with Gasteiger partial charge in [-0.25, -0.2) is 4.79 Å². The number of carbonyl (C=O) groups is 1. The summed E-state index contributed by atoms with van der Waals surface area (Å²) >= 11 is 0. The molecule has 0 atom stereocenters. The van der Waals surface area contributed by atoms with Gasteiger partial charge in [-0.15, -0.1) is 0 Å². The van der Waals surface area contributed by atoms with Gasteiger partial charge in [0.05, 0.1) is 17.9 Å². The molecule has 6 nitrogen and oxygen atoms in total. The van der Waals surface area contributed by atoms with Crippen LogP contribution in [-0.2, 0) is 0 Å². The summed E-state index contributed by atoms with van der Waals surface area (Å²) in [4.78, 5) is 23.8. The highest BCUT2D eigenvalue weighted by molar-refractivity contribution is 6.06. The minimum absolute atomic E-state index is 0.105. The van der Waals surface area contributed by atoms with Gasteiger partial charge in [0.2, 0.25) is 5.43 Å². The second-order valence-corrected chi connectivity index (χ2v) is 4.43. The first-order valence-corrected chi connectivity index (χ1v) is 6.02. The zero-order valence-electron chi connectivity index (χ0n) is 10.9. The molecule has 106 valence electrons. The largest absolute Gasteiger partial charge is 0.507 e. The lowest BCUT2D eigenvalue weighted by atomic mass is 10.1. The average Bonchev–Trinajstić information content (AvgIpc) is 2.47. The quantitative estimate of drug-likeness (QED) is 0.702. The molecule has 0 aliphatic rings. The van der Waals surface area contributed by atoms with Gasteiger partial charge in [0.15, 0.2) is 0 Å². The van der Waals surface area contributed by atoms with Crippen LogP contribution in [0.1, 0.15) is 10.4 Å². The van der Waals surface area contributed by atoms with Gasteiger partial charge in [-0.2, -0.15) is 0 Å². The van der Waals surface area contributed by atoms with E-state index in [1.54, 1.807) is 12.1 Å². The maximum atomic E-state index is 12.5. The third-order valence-corrected chi connectivity index (χ3v) is 3.24. The molecule has 0 unspecified atom stereocenters. The van der Waals surface area contributed by atoms with E-state index < -0.39 is 22.7 Å². The number of rotatable bonds is 2. The summed E-state index contributed by atoms with van der Waals surface area (Å²) in [6.45, 7) is 0. The molecule has 1 heterocycles. The van der Waals surface area contributed by atoms with Crippen LogP contribution in [0.2, 0.25) is 0 Å². The van der Waals surface area contributed by atoms with Gasteiger partial charge in [0.25, 0.3) is 0 Å². The topological polar surface area (TPSA) is 97.0 Å². The molecule has 0 fully saturated rings. The van der Waals surface area contributed by atoms with Crippen LogP contribution in [0.25, 0.3) is 21.9 Å². The Labute approximate surface area is 117 Å². The molecule has 0 saturated carbocycles. The number of aromatic carboxylic acids is 1. The van der Waals surface area contributed by atoms with Crippen LogP contribution in [0.4, 0.5) is 0 Å². The number of phenols is 1. The predicted octanol–water partition coefficient (Wildman–Crippen LogP) is 2.36. The van der Waals surface area contributed by atoms with Crippen LogP contribution < -0.4 is 10.2 Å². The summed E-state index contributed by atoms with van der Waals surface area (Å²) in [6.07, 6.45) is 0. The van der Waals surface area contributed by atoms with Crippen molar-refractivity contribution in [2.75, 3.05) is 7.11 Å². The maximum absolute atomic E-state index is 12.5. The van der Waals surface area contributed by atoms with Crippen molar-refractivity contribution in [3.05, 3.63) is 46.1 Å². The fraction of sp³-hybridized carbons (Fsp3) is 0.0667. The first kappa shape index (κ1) is 13.0. The zero-order valence-corrected chi connectivity index (χ0v) is 10.9. The van der Waals surface area contributed by atoms with Crippen molar-refractivity contribution in [1.82, 2.24) is 0 Å². The Morgan fingerprint density at radius 1 is 1.19 bits per heavy atom. The fourth-order valence-electron chi connectivity index (χ4n) is 2.26. The van der Waals surface area contributed by atoms with Crippen molar-refractivity contribution in [3.8, 4) is 11.5 Å². The van der Waals surface area contributed by atoms with E-state index in [9.17, 15) is 19.8 Å². The van der Waals surface area contributed by atoms with Crippen LogP contribution in [0, 0.1) is 0 Å². The number of benzene rings is 2. The SMILES string of the molecule is COc1ccc2oc3ccc(O)c(C(=O)O)c3c(=O)c2c1. The van der Waals surface area contributed by atoms with E-state index in [2.05, 4.69) is 0 Å². The number of fused-ring (bicyclic) bond motifs is 2. The second-order valence-electron chi connectivity index (χ2n) is 4.43. The molecule has 3 rings (SSSR count). The van der Waals surface area contributed by atoms with E-state index in [0.717, 1.165) is 0 Å². The van der Waals surface area contributed by atoms with Crippen LogP contribution in [-0.4, -0.2) is 23.3 Å². The van der Waals surface area contributed by atoms with E-state index >= 15 is 0 Å². The van der Waals surface area contributed by atoms with Crippen molar-refractivity contribution >= 4 is 27.9 Å². The molecule has 6 heteroatoms. The number of ether oxygens (including phenoxy) is 1. The molecule has 21 heavy (non-hydrogen) atoms. The highest BCUT2D eigenvalue weighted by Crippen LogP contribution is 2.28. The Balaban J connectivity index is 2.56. The molecule has 0 aliphatic heterocycles. The Kier molecular flexibility index (Phi) is 2.79. The standard InChI is InChI=1S/C15H10O6/c1-20-7-2-4-10-8(6-7)14(17)13-11(21-10)5-3-9(16)12(13)15(18)19/h2-6,16H,1H3,(H,18,19). The predicted molar refractivity (Wildman–Crippen MR) is 75.2 cm³/mol. The van der Waals surface area contributed by atoms with Gasteiger partial charge in [-0.3, -0.25) is 4.79 Å². The smallest absolute Gasteiger partial charge is 0.340 e. The highest BCUT2D eigenvalue weighted by atomic mass is 16.5. The zero-order chi connectivity index (χ0) is 15.1. The van der Waals surface area contributed by atoms with E-state index in [0.29, 0.717) is 11.3 Å². The molecule has 1 aromatic heterocycles. The van der Waals surface area contributed by atoms with Gasteiger partial charge in [-0.05, 0) is 30.3 Å². The summed E-state index contributed by atoms with van der Waals surface area (Å²) < 4.78 is 10.6. The van der Waals surface area contributed by atoms with Gasteiger partial charge in [0, 0.05) is 0 Å². The first-order chi connectivity index (χ1) is 10.0. The summed E-state index contributed by atoms with van der Waals surface area (Å²) in [5.74, 6) is -1.43. The van der Waals surface area contributed by atoms with Crippen molar-refractivity contribution in [3.63, 3.8) is 0 Å². The second kappa shape index (κ2) is 4.52. The fourth-order valence-corrected chi connectivity index (χ4v) is 2.26. The minimum Gasteiger partial charge on any atom is -0.507 e. The van der Waals surface area contributed by atoms with Crippen molar-refractivity contribution in [2.45, 2.75) is 0 Å². The number of aromatic hydroxyl groups is 1. The number of methoxy groups -OCH3 is 1. The number of carboxylic acids is 1. The Morgan fingerprint density at radius 3 is 2.57 bits per heavy atom. The lowest BCUT2D eigenvalue weighted by molar-refractivity contribution is 0.0696. The van der Waals surface area contributed by atoms with Crippen molar-refractivity contribution < 1.29 is 24.2 Å². The van der Waals surface area contributed by atoms with Gasteiger partial charge >= 0.3 is 5.97 Å². The Hall–Kier alpha value is -3.02. The van der Waals surface area contributed by atoms with Crippen molar-refractivity contribution in [2.24, 2.45) is 0 Å². The van der Waals surface area contributed by atoms with Crippen LogP contribution in [0.15, 0.2) is 39.5 Å². The van der Waals surface area contributed by atoms with Crippen molar-refractivity contribution in [1.29, 1.82) is 0 Å². The molecule has 0 amide bonds. The highest BCUT2D eigenvalue weighted by Gasteiger charge is 2.20. The Bertz CT molecular complexity index is 938. The van der Waals surface area contributed by atoms with E-state index in [-0.39, 0.29) is 16.4 Å². The number of hydrogen-bond donors (Lipinski definition) is 2. The van der Waals surface area contributed by atoms with Crippen LogP contribution in [0.5, 0.6) is 11.5 Å². The molecule has 2 N–H and O–H groups in total. The monoisotopic (exact) mass is 286 g/mol. The number of carboxylic acid groups (broad SMARTS) is 1. The lowest BCUT2D eigenvalue weighted by Crippen LogP contribution is -2.09. The summed E-state index contributed by atoms with van der Waals surface area (Å²) in [5, 5.41) is 18.9. The number of hydrogen-bond acceptors (Lipinski definition) is 5. The Morgan fingerprint density at radius 2 is 1.90 bits per heavy atom. The van der Waals surface area contributed by atoms with Gasteiger partial charge < -0.3 is 19.4 Å². The molecular weight excluding hydrogens is 276 g/mol. The van der Waals surface area contributed by atoms with Crippen LogP contribution in [0.3, 0.4) is 0 Å². The minimum atomic E-state index is -1.40. The molecule has 0 aliphatic carbocycles. The lowest BCUT2D eigenvalue weighted by Gasteiger charge is -2.07. The summed E-state index contributed by atoms with van der Waals surface area (Å²) in [7, 11) is 1.46. The van der Waals surface area contributed by atoms with E-state index in [1.165, 1.54) is 25.3 Å². The molecule has 0 bridgehead atoms. The third kappa shape index (κ3) is 1.88.